The van der Waals surface area contributed by atoms with E-state index in [1.807, 2.05) is 0 Å². The van der Waals surface area contributed by atoms with Gasteiger partial charge in [0.05, 0.1) is 36.1 Å². The normalized spacial score (nSPS) is 20.3. The molecule has 0 amide bonds. The third kappa shape index (κ3) is 4.96. The predicted molar refractivity (Wildman–Crippen MR) is 72.1 cm³/mol. The molecule has 124 valence electrons. The topological polar surface area (TPSA) is 72.4 Å². The smallest absolute Gasteiger partial charge is 0.390 e. The molecule has 1 fully saturated rings. The van der Waals surface area contributed by atoms with Crippen LogP contribution in [0.15, 0.2) is 12.4 Å². The van der Waals surface area contributed by atoms with E-state index in [9.17, 15) is 21.6 Å². The van der Waals surface area contributed by atoms with E-state index in [1.54, 1.807) is 0 Å². The Hall–Kier alpha value is -1.13. The summed E-state index contributed by atoms with van der Waals surface area (Å²) in [5.74, 6) is -0.958. The van der Waals surface area contributed by atoms with Gasteiger partial charge in [0.15, 0.2) is 0 Å². The van der Waals surface area contributed by atoms with Gasteiger partial charge in [-0.15, -0.1) is 0 Å². The predicted octanol–water partition coefficient (Wildman–Crippen LogP) is 1.87. The molecule has 2 heterocycles. The summed E-state index contributed by atoms with van der Waals surface area (Å²) in [6, 6.07) is 0.0453. The fourth-order valence-electron chi connectivity index (χ4n) is 1.93. The number of ether oxygens (including phenoxy) is 1. The molecule has 0 spiro atoms. The monoisotopic (exact) mass is 359 g/mol. The van der Waals surface area contributed by atoms with Crippen LogP contribution in [0.1, 0.15) is 12.8 Å². The summed E-state index contributed by atoms with van der Waals surface area (Å²) in [7, 11) is -3.95. The Bertz CT molecular complexity index is 609. The van der Waals surface area contributed by atoms with Gasteiger partial charge in [-0.1, -0.05) is 11.6 Å². The van der Waals surface area contributed by atoms with Gasteiger partial charge in [0.2, 0.25) is 10.0 Å². The Labute approximate surface area is 130 Å². The lowest BCUT2D eigenvalue weighted by molar-refractivity contribution is -0.130. The average molecular weight is 360 g/mol. The molecule has 0 N–H and O–H groups in total. The second kappa shape index (κ2) is 6.55. The highest BCUT2D eigenvalue weighted by Crippen LogP contribution is 2.23. The molecule has 0 saturated carbocycles. The molecule has 1 aliphatic rings. The Morgan fingerprint density at radius 2 is 2.00 bits per heavy atom. The van der Waals surface area contributed by atoms with E-state index in [0.717, 1.165) is 4.31 Å². The number of halogens is 4. The third-order valence-corrected chi connectivity index (χ3v) is 5.05. The van der Waals surface area contributed by atoms with E-state index in [0.29, 0.717) is 11.4 Å². The number of sulfonamides is 1. The van der Waals surface area contributed by atoms with Crippen LogP contribution < -0.4 is 4.74 Å². The molecule has 6 nitrogen and oxygen atoms in total. The van der Waals surface area contributed by atoms with Crippen molar-refractivity contribution >= 4 is 21.6 Å². The van der Waals surface area contributed by atoms with Crippen LogP contribution in [-0.4, -0.2) is 53.8 Å². The molecule has 1 saturated heterocycles. The van der Waals surface area contributed by atoms with Crippen LogP contribution in [0.5, 0.6) is 6.01 Å². The summed E-state index contributed by atoms with van der Waals surface area (Å²) in [4.78, 5) is 7.63. The van der Waals surface area contributed by atoms with Crippen LogP contribution in [0.4, 0.5) is 13.2 Å². The van der Waals surface area contributed by atoms with Gasteiger partial charge in [-0.25, -0.2) is 18.4 Å². The average Bonchev–Trinajstić information content (AvgIpc) is 2.88. The maximum Gasteiger partial charge on any atom is 0.390 e. The molecule has 1 aliphatic heterocycles. The zero-order valence-electron chi connectivity index (χ0n) is 11.3. The van der Waals surface area contributed by atoms with Gasteiger partial charge < -0.3 is 4.74 Å². The first-order chi connectivity index (χ1) is 10.2. The van der Waals surface area contributed by atoms with E-state index in [4.69, 9.17) is 16.3 Å². The number of nitrogens with zero attached hydrogens (tertiary/aromatic N) is 3. The van der Waals surface area contributed by atoms with Gasteiger partial charge in [-0.3, -0.25) is 0 Å². The van der Waals surface area contributed by atoms with Gasteiger partial charge in [0.1, 0.15) is 6.10 Å². The minimum absolute atomic E-state index is 0.0216. The standard InChI is InChI=1S/C11H13ClF3N3O3S/c12-8-5-16-10(17-6-8)21-9-1-3-18(7-9)22(19,20)4-2-11(13,14)15/h5-6,9H,1-4,7H2/t9-/m0/s1. The Kier molecular flexibility index (Phi) is 5.13. The minimum atomic E-state index is -4.50. The van der Waals surface area contributed by atoms with E-state index in [-0.39, 0.29) is 19.1 Å². The van der Waals surface area contributed by atoms with Crippen LogP contribution in [-0.2, 0) is 10.0 Å². The lowest BCUT2D eigenvalue weighted by Gasteiger charge is -2.17. The highest BCUT2D eigenvalue weighted by atomic mass is 35.5. The Balaban J connectivity index is 1.90. The summed E-state index contributed by atoms with van der Waals surface area (Å²) in [6.07, 6.45) is -3.34. The molecule has 11 heteroatoms. The maximum atomic E-state index is 12.1. The number of aromatic nitrogens is 2. The van der Waals surface area contributed by atoms with Crippen LogP contribution in [0.25, 0.3) is 0 Å². The molecule has 0 radical (unpaired) electrons. The lowest BCUT2D eigenvalue weighted by atomic mass is 10.3. The summed E-state index contributed by atoms with van der Waals surface area (Å²) in [6.45, 7) is 0.0879. The van der Waals surface area contributed by atoms with Crippen LogP contribution in [0, 0.1) is 0 Å². The van der Waals surface area contributed by atoms with Gasteiger partial charge in [0.25, 0.3) is 0 Å². The van der Waals surface area contributed by atoms with Crippen molar-refractivity contribution in [3.05, 3.63) is 17.4 Å². The summed E-state index contributed by atoms with van der Waals surface area (Å²) in [5, 5.41) is 0.329. The molecule has 1 aromatic rings. The van der Waals surface area contributed by atoms with Gasteiger partial charge in [0, 0.05) is 6.54 Å². The minimum Gasteiger partial charge on any atom is -0.459 e. The molecular weight excluding hydrogens is 347 g/mol. The second-order valence-corrected chi connectivity index (χ2v) is 7.28. The van der Waals surface area contributed by atoms with Gasteiger partial charge in [-0.05, 0) is 6.42 Å². The molecule has 0 aromatic carbocycles. The number of hydrogen-bond acceptors (Lipinski definition) is 5. The first kappa shape index (κ1) is 17.2. The van der Waals surface area contributed by atoms with Crippen molar-refractivity contribution in [1.82, 2.24) is 14.3 Å². The van der Waals surface area contributed by atoms with Crippen molar-refractivity contribution in [2.75, 3.05) is 18.8 Å². The first-order valence-electron chi connectivity index (χ1n) is 6.34. The highest BCUT2D eigenvalue weighted by molar-refractivity contribution is 7.89. The SMILES string of the molecule is O=S(=O)(CCC(F)(F)F)N1CC[C@H](Oc2ncc(Cl)cn2)C1. The van der Waals surface area contributed by atoms with E-state index < -0.39 is 34.5 Å². The summed E-state index contributed by atoms with van der Waals surface area (Å²) < 4.78 is 66.5. The molecule has 0 bridgehead atoms. The lowest BCUT2D eigenvalue weighted by Crippen LogP contribution is -2.34. The fourth-order valence-corrected chi connectivity index (χ4v) is 3.55. The molecule has 2 rings (SSSR count). The number of alkyl halides is 3. The van der Waals surface area contributed by atoms with E-state index in [1.165, 1.54) is 12.4 Å². The molecule has 1 aromatic heterocycles. The number of rotatable bonds is 5. The highest BCUT2D eigenvalue weighted by Gasteiger charge is 2.36. The van der Waals surface area contributed by atoms with Crippen molar-refractivity contribution in [2.24, 2.45) is 0 Å². The molecule has 0 unspecified atom stereocenters. The molecule has 1 atom stereocenters. The van der Waals surface area contributed by atoms with Gasteiger partial charge in [-0.2, -0.15) is 17.5 Å². The quantitative estimate of drug-likeness (QED) is 0.802. The molecule has 0 aliphatic carbocycles. The summed E-state index contributed by atoms with van der Waals surface area (Å²) >= 11 is 5.62. The van der Waals surface area contributed by atoms with Crippen molar-refractivity contribution in [3.8, 4) is 6.01 Å². The van der Waals surface area contributed by atoms with Crippen LogP contribution in [0.3, 0.4) is 0 Å². The Morgan fingerprint density at radius 3 is 2.59 bits per heavy atom. The number of hydrogen-bond donors (Lipinski definition) is 0. The maximum absolute atomic E-state index is 12.1. The van der Waals surface area contributed by atoms with Crippen LogP contribution >= 0.6 is 11.6 Å². The Morgan fingerprint density at radius 1 is 1.36 bits per heavy atom. The fraction of sp³-hybridized carbons (Fsp3) is 0.636. The zero-order valence-corrected chi connectivity index (χ0v) is 12.8. The molecule has 22 heavy (non-hydrogen) atoms. The van der Waals surface area contributed by atoms with Crippen molar-refractivity contribution in [1.29, 1.82) is 0 Å². The van der Waals surface area contributed by atoms with Crippen LogP contribution in [0.2, 0.25) is 5.02 Å². The van der Waals surface area contributed by atoms with Gasteiger partial charge >= 0.3 is 12.2 Å². The molecular formula is C11H13ClF3N3O3S. The summed E-state index contributed by atoms with van der Waals surface area (Å²) in [5.41, 5.74) is 0. The second-order valence-electron chi connectivity index (χ2n) is 4.75. The first-order valence-corrected chi connectivity index (χ1v) is 8.33. The largest absolute Gasteiger partial charge is 0.459 e. The van der Waals surface area contributed by atoms with Crippen molar-refractivity contribution in [3.63, 3.8) is 0 Å². The van der Waals surface area contributed by atoms with E-state index in [2.05, 4.69) is 9.97 Å². The van der Waals surface area contributed by atoms with Crippen molar-refractivity contribution in [2.45, 2.75) is 25.1 Å². The van der Waals surface area contributed by atoms with E-state index >= 15 is 0 Å². The van der Waals surface area contributed by atoms with Crippen molar-refractivity contribution < 1.29 is 26.3 Å². The third-order valence-electron chi connectivity index (χ3n) is 3.01. The zero-order chi connectivity index (χ0) is 16.4.